The zero-order valence-corrected chi connectivity index (χ0v) is 11.9. The van der Waals surface area contributed by atoms with Crippen LogP contribution >= 0.6 is 27.7 Å². The first-order valence-electron chi connectivity index (χ1n) is 5.29. The fraction of sp³-hybridized carbons (Fsp3) is 0.143. The van der Waals surface area contributed by atoms with Crippen molar-refractivity contribution >= 4 is 27.7 Å². The number of methoxy groups -OCH3 is 1. The number of thioether (sulfide) groups is 1. The molecule has 0 aliphatic carbocycles. The van der Waals surface area contributed by atoms with E-state index >= 15 is 0 Å². The first kappa shape index (κ1) is 12.5. The Hall–Kier alpha value is -0.930. The third-order valence-electron chi connectivity index (χ3n) is 2.35. The van der Waals surface area contributed by atoms with Crippen LogP contribution in [0, 0.1) is 0 Å². The van der Waals surface area contributed by atoms with Crippen molar-refractivity contribution in [2.24, 2.45) is 0 Å². The summed E-state index contributed by atoms with van der Waals surface area (Å²) in [5, 5.41) is 0. The third kappa shape index (κ3) is 3.79. The van der Waals surface area contributed by atoms with Crippen molar-refractivity contribution in [2.45, 2.75) is 10.6 Å². The van der Waals surface area contributed by atoms with Crippen LogP contribution in [-0.4, -0.2) is 7.11 Å². The van der Waals surface area contributed by atoms with Gasteiger partial charge in [0, 0.05) is 15.1 Å². The molecule has 17 heavy (non-hydrogen) atoms. The van der Waals surface area contributed by atoms with Gasteiger partial charge in [0.05, 0.1) is 7.11 Å². The molecule has 0 aliphatic rings. The molecule has 0 aromatic heterocycles. The van der Waals surface area contributed by atoms with Crippen molar-refractivity contribution < 1.29 is 4.74 Å². The lowest BCUT2D eigenvalue weighted by molar-refractivity contribution is 0.414. The lowest BCUT2D eigenvalue weighted by Crippen LogP contribution is -1.83. The lowest BCUT2D eigenvalue weighted by atomic mass is 10.2. The Bertz CT molecular complexity index is 482. The van der Waals surface area contributed by atoms with Gasteiger partial charge in [-0.2, -0.15) is 0 Å². The van der Waals surface area contributed by atoms with Gasteiger partial charge in [-0.25, -0.2) is 0 Å². The van der Waals surface area contributed by atoms with Gasteiger partial charge < -0.3 is 4.74 Å². The summed E-state index contributed by atoms with van der Waals surface area (Å²) in [5.41, 5.74) is 1.32. The van der Waals surface area contributed by atoms with Crippen LogP contribution in [0.5, 0.6) is 5.75 Å². The maximum atomic E-state index is 5.13. The van der Waals surface area contributed by atoms with Crippen LogP contribution in [0.2, 0.25) is 0 Å². The second-order valence-corrected chi connectivity index (χ2v) is 5.56. The molecule has 2 aromatic carbocycles. The van der Waals surface area contributed by atoms with E-state index < -0.39 is 0 Å². The molecule has 2 rings (SSSR count). The summed E-state index contributed by atoms with van der Waals surface area (Å²) in [6, 6.07) is 16.5. The van der Waals surface area contributed by atoms with E-state index in [-0.39, 0.29) is 0 Å². The number of rotatable bonds is 4. The second-order valence-electron chi connectivity index (χ2n) is 3.59. The maximum Gasteiger partial charge on any atom is 0.118 e. The second kappa shape index (κ2) is 6.12. The molecule has 0 saturated carbocycles. The van der Waals surface area contributed by atoms with E-state index in [4.69, 9.17) is 4.74 Å². The van der Waals surface area contributed by atoms with Crippen LogP contribution in [0.1, 0.15) is 5.56 Å². The molecule has 0 unspecified atom stereocenters. The van der Waals surface area contributed by atoms with Gasteiger partial charge in [-0.05, 0) is 42.0 Å². The summed E-state index contributed by atoms with van der Waals surface area (Å²) in [5.74, 6) is 1.88. The number of benzene rings is 2. The van der Waals surface area contributed by atoms with Gasteiger partial charge in [0.1, 0.15) is 5.75 Å². The quantitative estimate of drug-likeness (QED) is 0.754. The van der Waals surface area contributed by atoms with Gasteiger partial charge >= 0.3 is 0 Å². The Morgan fingerprint density at radius 3 is 2.53 bits per heavy atom. The molecule has 1 nitrogen and oxygen atoms in total. The first-order valence-corrected chi connectivity index (χ1v) is 7.07. The Balaban J connectivity index is 1.97. The van der Waals surface area contributed by atoms with E-state index in [2.05, 4.69) is 46.3 Å². The van der Waals surface area contributed by atoms with Gasteiger partial charge in [0.15, 0.2) is 0 Å². The maximum absolute atomic E-state index is 5.13. The van der Waals surface area contributed by atoms with Crippen LogP contribution in [0.4, 0.5) is 0 Å². The highest BCUT2D eigenvalue weighted by Gasteiger charge is 1.98. The topological polar surface area (TPSA) is 9.23 Å². The van der Waals surface area contributed by atoms with E-state index in [1.165, 1.54) is 10.5 Å². The molecule has 0 aliphatic heterocycles. The summed E-state index contributed by atoms with van der Waals surface area (Å²) < 4.78 is 6.26. The molecule has 0 radical (unpaired) electrons. The van der Waals surface area contributed by atoms with E-state index in [1.807, 2.05) is 30.0 Å². The smallest absolute Gasteiger partial charge is 0.118 e. The lowest BCUT2D eigenvalue weighted by Gasteiger charge is -2.04. The van der Waals surface area contributed by atoms with Crippen LogP contribution in [0.25, 0.3) is 0 Å². The molecule has 0 fully saturated rings. The fourth-order valence-electron chi connectivity index (χ4n) is 1.47. The average molecular weight is 309 g/mol. The van der Waals surface area contributed by atoms with Gasteiger partial charge in [-0.1, -0.05) is 28.1 Å². The number of ether oxygens (including phenoxy) is 1. The van der Waals surface area contributed by atoms with Crippen LogP contribution in [0.15, 0.2) is 57.9 Å². The Labute approximate surface area is 114 Å². The highest BCUT2D eigenvalue weighted by Crippen LogP contribution is 2.25. The molecule has 0 spiro atoms. The molecular formula is C14H13BrOS. The number of hydrogen-bond acceptors (Lipinski definition) is 2. The summed E-state index contributed by atoms with van der Waals surface area (Å²) in [6.45, 7) is 0. The molecule has 88 valence electrons. The minimum Gasteiger partial charge on any atom is -0.497 e. The summed E-state index contributed by atoms with van der Waals surface area (Å²) in [7, 11) is 1.68. The summed E-state index contributed by atoms with van der Waals surface area (Å²) >= 11 is 5.31. The minimum absolute atomic E-state index is 0.900. The normalized spacial score (nSPS) is 10.2. The van der Waals surface area contributed by atoms with Crippen molar-refractivity contribution in [3.63, 3.8) is 0 Å². The van der Waals surface area contributed by atoms with Crippen molar-refractivity contribution in [3.8, 4) is 5.75 Å². The summed E-state index contributed by atoms with van der Waals surface area (Å²) in [6.07, 6.45) is 0. The van der Waals surface area contributed by atoms with Crippen LogP contribution < -0.4 is 4.74 Å². The average Bonchev–Trinajstić information content (AvgIpc) is 2.37. The van der Waals surface area contributed by atoms with Gasteiger partial charge in [0.2, 0.25) is 0 Å². The van der Waals surface area contributed by atoms with E-state index in [9.17, 15) is 0 Å². The predicted molar refractivity (Wildman–Crippen MR) is 76.7 cm³/mol. The Kier molecular flexibility index (Phi) is 4.51. The molecule has 0 atom stereocenters. The van der Waals surface area contributed by atoms with Crippen LogP contribution in [-0.2, 0) is 5.75 Å². The van der Waals surface area contributed by atoms with Crippen molar-refractivity contribution in [3.05, 3.63) is 58.6 Å². The largest absolute Gasteiger partial charge is 0.497 e. The van der Waals surface area contributed by atoms with Gasteiger partial charge in [0.25, 0.3) is 0 Å². The van der Waals surface area contributed by atoms with Crippen molar-refractivity contribution in [1.82, 2.24) is 0 Å². The highest BCUT2D eigenvalue weighted by molar-refractivity contribution is 9.10. The zero-order chi connectivity index (χ0) is 12.1. The predicted octanol–water partition coefficient (Wildman–Crippen LogP) is 4.75. The number of hydrogen-bond donors (Lipinski definition) is 0. The highest BCUT2D eigenvalue weighted by atomic mass is 79.9. The first-order chi connectivity index (χ1) is 8.28. The van der Waals surface area contributed by atoms with Gasteiger partial charge in [-0.3, -0.25) is 0 Å². The SMILES string of the molecule is COc1ccc(SCc2cccc(Br)c2)cc1. The standard InChI is InChI=1S/C14H13BrOS/c1-16-13-5-7-14(8-6-13)17-10-11-3-2-4-12(15)9-11/h2-9H,10H2,1H3. The van der Waals surface area contributed by atoms with Gasteiger partial charge in [-0.15, -0.1) is 11.8 Å². The van der Waals surface area contributed by atoms with Crippen molar-refractivity contribution in [2.75, 3.05) is 7.11 Å². The molecular weight excluding hydrogens is 296 g/mol. The molecule has 0 saturated heterocycles. The molecule has 2 aromatic rings. The fourth-order valence-corrected chi connectivity index (χ4v) is 2.75. The zero-order valence-electron chi connectivity index (χ0n) is 9.52. The number of halogens is 1. The monoisotopic (exact) mass is 308 g/mol. The summed E-state index contributed by atoms with van der Waals surface area (Å²) in [4.78, 5) is 1.26. The van der Waals surface area contributed by atoms with E-state index in [1.54, 1.807) is 7.11 Å². The molecule has 3 heteroatoms. The Morgan fingerprint density at radius 1 is 1.12 bits per heavy atom. The van der Waals surface area contributed by atoms with E-state index in [0.717, 1.165) is 16.0 Å². The molecule has 0 amide bonds. The van der Waals surface area contributed by atoms with Crippen LogP contribution in [0.3, 0.4) is 0 Å². The Morgan fingerprint density at radius 2 is 1.88 bits per heavy atom. The molecule has 0 bridgehead atoms. The molecule has 0 heterocycles. The molecule has 0 N–H and O–H groups in total. The minimum atomic E-state index is 0.900. The van der Waals surface area contributed by atoms with E-state index in [0.29, 0.717) is 0 Å². The third-order valence-corrected chi connectivity index (χ3v) is 3.93. The van der Waals surface area contributed by atoms with Crippen molar-refractivity contribution in [1.29, 1.82) is 0 Å².